The average Bonchev–Trinajstić information content (AvgIpc) is 3.04. The summed E-state index contributed by atoms with van der Waals surface area (Å²) in [7, 11) is 0. The van der Waals surface area contributed by atoms with E-state index in [1.54, 1.807) is 45.7 Å². The van der Waals surface area contributed by atoms with Crippen molar-refractivity contribution in [2.45, 2.75) is 12.5 Å². The van der Waals surface area contributed by atoms with Gasteiger partial charge in [-0.3, -0.25) is 9.59 Å². The van der Waals surface area contributed by atoms with E-state index in [0.29, 0.717) is 23.0 Å². The minimum absolute atomic E-state index is 0.0479. The largest absolute Gasteiger partial charge is 0.481 e. The standard InChI is InChI=1S/C16H16ClN3O3S/c17-11-2-1-3-12(8-11)20-5-4-14(18-20)16(23)19-6-7-24-10-13(19)9-15(21)22/h1-5,8,13H,6-7,9-10H2,(H,21,22). The van der Waals surface area contributed by atoms with Gasteiger partial charge in [0.05, 0.1) is 18.2 Å². The Morgan fingerprint density at radius 2 is 2.21 bits per heavy atom. The lowest BCUT2D eigenvalue weighted by atomic mass is 10.2. The van der Waals surface area contributed by atoms with Gasteiger partial charge in [0.1, 0.15) is 0 Å². The minimum Gasteiger partial charge on any atom is -0.481 e. The van der Waals surface area contributed by atoms with Crippen LogP contribution >= 0.6 is 23.4 Å². The van der Waals surface area contributed by atoms with Crippen molar-refractivity contribution in [2.75, 3.05) is 18.1 Å². The van der Waals surface area contributed by atoms with E-state index < -0.39 is 5.97 Å². The van der Waals surface area contributed by atoms with Gasteiger partial charge in [-0.05, 0) is 24.3 Å². The SMILES string of the molecule is O=C(O)CC1CSCCN1C(=O)c1ccn(-c2cccc(Cl)c2)n1. The van der Waals surface area contributed by atoms with E-state index in [-0.39, 0.29) is 18.4 Å². The van der Waals surface area contributed by atoms with Gasteiger partial charge in [-0.15, -0.1) is 0 Å². The van der Waals surface area contributed by atoms with Crippen molar-refractivity contribution in [1.82, 2.24) is 14.7 Å². The Balaban J connectivity index is 1.80. The summed E-state index contributed by atoms with van der Waals surface area (Å²) in [6, 6.07) is 8.52. The Morgan fingerprint density at radius 1 is 1.38 bits per heavy atom. The molecule has 6 nitrogen and oxygen atoms in total. The Kier molecular flexibility index (Phi) is 5.11. The summed E-state index contributed by atoms with van der Waals surface area (Å²) in [6.07, 6.45) is 1.65. The van der Waals surface area contributed by atoms with E-state index in [4.69, 9.17) is 16.7 Å². The van der Waals surface area contributed by atoms with Crippen LogP contribution in [0, 0.1) is 0 Å². The van der Waals surface area contributed by atoms with Crippen molar-refractivity contribution in [3.8, 4) is 5.69 Å². The maximum atomic E-state index is 12.7. The molecule has 0 spiro atoms. The quantitative estimate of drug-likeness (QED) is 0.901. The van der Waals surface area contributed by atoms with Gasteiger partial charge < -0.3 is 10.0 Å². The third-order valence-corrected chi connectivity index (χ3v) is 5.11. The molecule has 1 fully saturated rings. The molecule has 3 rings (SSSR count). The highest BCUT2D eigenvalue weighted by atomic mass is 35.5. The van der Waals surface area contributed by atoms with Crippen molar-refractivity contribution in [3.05, 3.63) is 47.2 Å². The third-order valence-electron chi connectivity index (χ3n) is 3.78. The average molecular weight is 366 g/mol. The fourth-order valence-electron chi connectivity index (χ4n) is 2.64. The lowest BCUT2D eigenvalue weighted by Gasteiger charge is -2.34. The summed E-state index contributed by atoms with van der Waals surface area (Å²) >= 11 is 7.65. The van der Waals surface area contributed by atoms with E-state index in [1.165, 1.54) is 0 Å². The number of halogens is 1. The monoisotopic (exact) mass is 365 g/mol. The number of aromatic nitrogens is 2. The molecular formula is C16H16ClN3O3S. The van der Waals surface area contributed by atoms with Gasteiger partial charge in [-0.1, -0.05) is 17.7 Å². The van der Waals surface area contributed by atoms with E-state index in [1.807, 2.05) is 12.1 Å². The minimum atomic E-state index is -0.898. The van der Waals surface area contributed by atoms with Gasteiger partial charge in [0.15, 0.2) is 5.69 Å². The molecule has 1 aliphatic rings. The summed E-state index contributed by atoms with van der Waals surface area (Å²) in [6.45, 7) is 0.533. The van der Waals surface area contributed by atoms with Gasteiger partial charge in [0.25, 0.3) is 5.91 Å². The number of rotatable bonds is 4. The number of carboxylic acid groups (broad SMARTS) is 1. The second kappa shape index (κ2) is 7.27. The zero-order valence-electron chi connectivity index (χ0n) is 12.8. The van der Waals surface area contributed by atoms with E-state index in [2.05, 4.69) is 5.10 Å². The molecule has 2 heterocycles. The maximum Gasteiger partial charge on any atom is 0.305 e. The second-order valence-corrected chi connectivity index (χ2v) is 7.04. The number of hydrogen-bond donors (Lipinski definition) is 1. The Bertz CT molecular complexity index is 765. The molecule has 1 unspecified atom stereocenters. The number of carbonyl (C=O) groups is 2. The molecule has 1 aliphatic heterocycles. The highest BCUT2D eigenvalue weighted by Crippen LogP contribution is 2.21. The molecule has 1 atom stereocenters. The molecule has 0 saturated carbocycles. The van der Waals surface area contributed by atoms with Crippen LogP contribution in [0.1, 0.15) is 16.9 Å². The predicted octanol–water partition coefficient (Wildman–Crippen LogP) is 2.56. The smallest absolute Gasteiger partial charge is 0.305 e. The summed E-state index contributed by atoms with van der Waals surface area (Å²) in [5.41, 5.74) is 1.06. The van der Waals surface area contributed by atoms with Crippen LogP contribution in [0.2, 0.25) is 5.02 Å². The predicted molar refractivity (Wildman–Crippen MR) is 93.0 cm³/mol. The fourth-order valence-corrected chi connectivity index (χ4v) is 3.89. The molecule has 1 saturated heterocycles. The molecule has 0 aliphatic carbocycles. The third kappa shape index (κ3) is 3.73. The van der Waals surface area contributed by atoms with Crippen LogP contribution in [-0.2, 0) is 4.79 Å². The van der Waals surface area contributed by atoms with E-state index >= 15 is 0 Å². The Labute approximate surface area is 148 Å². The molecule has 126 valence electrons. The summed E-state index contributed by atoms with van der Waals surface area (Å²) in [5.74, 6) is 0.302. The summed E-state index contributed by atoms with van der Waals surface area (Å²) in [4.78, 5) is 25.4. The normalized spacial score (nSPS) is 17.7. The van der Waals surface area contributed by atoms with Crippen LogP contribution in [0.5, 0.6) is 0 Å². The molecule has 0 bridgehead atoms. The van der Waals surface area contributed by atoms with E-state index in [0.717, 1.165) is 11.4 Å². The molecule has 2 aromatic rings. The van der Waals surface area contributed by atoms with Crippen molar-refractivity contribution in [2.24, 2.45) is 0 Å². The molecule has 1 aromatic carbocycles. The zero-order valence-corrected chi connectivity index (χ0v) is 14.3. The molecule has 1 amide bonds. The van der Waals surface area contributed by atoms with Gasteiger partial charge in [-0.2, -0.15) is 16.9 Å². The number of nitrogens with zero attached hydrogens (tertiary/aromatic N) is 3. The Hall–Kier alpha value is -1.99. The highest BCUT2D eigenvalue weighted by molar-refractivity contribution is 7.99. The Morgan fingerprint density at radius 3 is 2.96 bits per heavy atom. The van der Waals surface area contributed by atoms with Crippen molar-refractivity contribution in [1.29, 1.82) is 0 Å². The topological polar surface area (TPSA) is 75.4 Å². The first-order valence-electron chi connectivity index (χ1n) is 7.47. The number of benzene rings is 1. The van der Waals surface area contributed by atoms with Crippen LogP contribution in [0.15, 0.2) is 36.5 Å². The number of amides is 1. The van der Waals surface area contributed by atoms with Gasteiger partial charge >= 0.3 is 5.97 Å². The second-order valence-electron chi connectivity index (χ2n) is 5.45. The van der Waals surface area contributed by atoms with Crippen molar-refractivity contribution in [3.63, 3.8) is 0 Å². The molecule has 1 N–H and O–H groups in total. The molecular weight excluding hydrogens is 350 g/mol. The van der Waals surface area contributed by atoms with Crippen molar-refractivity contribution >= 4 is 35.2 Å². The number of carbonyl (C=O) groups excluding carboxylic acids is 1. The molecule has 8 heteroatoms. The lowest BCUT2D eigenvalue weighted by molar-refractivity contribution is -0.138. The van der Waals surface area contributed by atoms with Crippen LogP contribution in [0.4, 0.5) is 0 Å². The first-order chi connectivity index (χ1) is 11.5. The van der Waals surface area contributed by atoms with Crippen LogP contribution in [0.25, 0.3) is 5.69 Å². The molecule has 1 aromatic heterocycles. The number of carboxylic acids is 1. The summed E-state index contributed by atoms with van der Waals surface area (Å²) < 4.78 is 1.59. The van der Waals surface area contributed by atoms with Gasteiger partial charge in [-0.25, -0.2) is 4.68 Å². The zero-order chi connectivity index (χ0) is 17.1. The first-order valence-corrected chi connectivity index (χ1v) is 9.00. The van der Waals surface area contributed by atoms with Crippen LogP contribution < -0.4 is 0 Å². The number of aliphatic carboxylic acids is 1. The maximum absolute atomic E-state index is 12.7. The fraction of sp³-hybridized carbons (Fsp3) is 0.312. The highest BCUT2D eigenvalue weighted by Gasteiger charge is 2.30. The van der Waals surface area contributed by atoms with Gasteiger partial charge in [0, 0.05) is 29.3 Å². The van der Waals surface area contributed by atoms with Crippen molar-refractivity contribution < 1.29 is 14.7 Å². The molecule has 0 radical (unpaired) electrons. The lowest BCUT2D eigenvalue weighted by Crippen LogP contribution is -2.47. The van der Waals surface area contributed by atoms with Crippen LogP contribution in [0.3, 0.4) is 0 Å². The number of hydrogen-bond acceptors (Lipinski definition) is 4. The first kappa shape index (κ1) is 16.9. The number of thioether (sulfide) groups is 1. The molecule has 24 heavy (non-hydrogen) atoms. The van der Waals surface area contributed by atoms with Crippen LogP contribution in [-0.4, -0.2) is 55.8 Å². The summed E-state index contributed by atoms with van der Waals surface area (Å²) in [5, 5.41) is 13.9. The van der Waals surface area contributed by atoms with E-state index in [9.17, 15) is 9.59 Å². The van der Waals surface area contributed by atoms with Gasteiger partial charge in [0.2, 0.25) is 0 Å².